The van der Waals surface area contributed by atoms with Crippen molar-refractivity contribution in [3.05, 3.63) is 64.4 Å². The van der Waals surface area contributed by atoms with E-state index in [2.05, 4.69) is 10.3 Å². The molecule has 0 bridgehead atoms. The summed E-state index contributed by atoms with van der Waals surface area (Å²) in [6, 6.07) is 12.3. The third kappa shape index (κ3) is 4.18. The SMILES string of the molecule is O=C(Cc1csc(-c2ccccc2Cl)n1)Nc1ccc(N2CCCC2)c(F)c1. The van der Waals surface area contributed by atoms with Gasteiger partial charge in [0.15, 0.2) is 0 Å². The van der Waals surface area contributed by atoms with Crippen molar-refractivity contribution in [2.75, 3.05) is 23.3 Å². The molecule has 0 spiro atoms. The summed E-state index contributed by atoms with van der Waals surface area (Å²) in [5, 5.41) is 5.99. The van der Waals surface area contributed by atoms with Gasteiger partial charge in [0, 0.05) is 29.7 Å². The minimum absolute atomic E-state index is 0.121. The van der Waals surface area contributed by atoms with Crippen molar-refractivity contribution in [3.63, 3.8) is 0 Å². The molecule has 1 saturated heterocycles. The van der Waals surface area contributed by atoms with E-state index >= 15 is 0 Å². The van der Waals surface area contributed by atoms with Crippen molar-refractivity contribution in [1.29, 1.82) is 0 Å². The highest BCUT2D eigenvalue weighted by Crippen LogP contribution is 2.30. The highest BCUT2D eigenvalue weighted by molar-refractivity contribution is 7.13. The lowest BCUT2D eigenvalue weighted by atomic mass is 10.2. The second-order valence-corrected chi connectivity index (χ2v) is 7.97. The highest BCUT2D eigenvalue weighted by atomic mass is 35.5. The number of hydrogen-bond donors (Lipinski definition) is 1. The third-order valence-electron chi connectivity index (χ3n) is 4.68. The van der Waals surface area contributed by atoms with Gasteiger partial charge in [-0.25, -0.2) is 9.37 Å². The van der Waals surface area contributed by atoms with Crippen molar-refractivity contribution in [3.8, 4) is 10.6 Å². The van der Waals surface area contributed by atoms with Crippen LogP contribution in [0.25, 0.3) is 10.6 Å². The smallest absolute Gasteiger partial charge is 0.230 e. The summed E-state index contributed by atoms with van der Waals surface area (Å²) in [5.41, 5.74) is 2.55. The van der Waals surface area contributed by atoms with E-state index in [9.17, 15) is 9.18 Å². The summed E-state index contributed by atoms with van der Waals surface area (Å²) in [6.45, 7) is 1.75. The third-order valence-corrected chi connectivity index (χ3v) is 5.93. The molecule has 28 heavy (non-hydrogen) atoms. The predicted octanol–water partition coefficient (Wildman–Crippen LogP) is 5.38. The number of nitrogens with one attached hydrogen (secondary N) is 1. The number of amides is 1. The molecule has 1 fully saturated rings. The molecule has 7 heteroatoms. The first-order chi connectivity index (χ1) is 13.6. The maximum atomic E-state index is 14.4. The number of aromatic nitrogens is 1. The quantitative estimate of drug-likeness (QED) is 0.608. The van der Waals surface area contributed by atoms with Gasteiger partial charge in [-0.3, -0.25) is 4.79 Å². The van der Waals surface area contributed by atoms with Crippen molar-refractivity contribution in [2.45, 2.75) is 19.3 Å². The topological polar surface area (TPSA) is 45.2 Å². The van der Waals surface area contributed by atoms with Crippen LogP contribution in [0.4, 0.5) is 15.8 Å². The van der Waals surface area contributed by atoms with Gasteiger partial charge in [0.1, 0.15) is 10.8 Å². The van der Waals surface area contributed by atoms with Crippen LogP contribution in [0.3, 0.4) is 0 Å². The van der Waals surface area contributed by atoms with Crippen LogP contribution >= 0.6 is 22.9 Å². The molecule has 0 saturated carbocycles. The fraction of sp³-hybridized carbons (Fsp3) is 0.238. The zero-order chi connectivity index (χ0) is 19.5. The molecule has 0 radical (unpaired) electrons. The Bertz CT molecular complexity index is 1000. The number of carbonyl (C=O) groups excluding carboxylic acids is 1. The fourth-order valence-corrected chi connectivity index (χ4v) is 4.46. The Morgan fingerprint density at radius 3 is 2.75 bits per heavy atom. The van der Waals surface area contributed by atoms with Gasteiger partial charge in [0.25, 0.3) is 0 Å². The first kappa shape index (κ1) is 18.9. The van der Waals surface area contributed by atoms with Crippen LogP contribution in [0.15, 0.2) is 47.8 Å². The molecule has 3 aromatic rings. The minimum Gasteiger partial charge on any atom is -0.369 e. The zero-order valence-electron chi connectivity index (χ0n) is 15.1. The second kappa shape index (κ2) is 8.29. The number of nitrogens with zero attached hydrogens (tertiary/aromatic N) is 2. The number of benzene rings is 2. The van der Waals surface area contributed by atoms with Crippen molar-refractivity contribution < 1.29 is 9.18 Å². The molecule has 1 aliphatic rings. The number of hydrogen-bond acceptors (Lipinski definition) is 4. The van der Waals surface area contributed by atoms with Gasteiger partial charge < -0.3 is 10.2 Å². The maximum Gasteiger partial charge on any atom is 0.230 e. The van der Waals surface area contributed by atoms with Crippen LogP contribution in [-0.2, 0) is 11.2 Å². The summed E-state index contributed by atoms with van der Waals surface area (Å²) in [7, 11) is 0. The molecule has 1 N–H and O–H groups in total. The largest absolute Gasteiger partial charge is 0.369 e. The van der Waals surface area contributed by atoms with E-state index in [4.69, 9.17) is 11.6 Å². The molecule has 0 unspecified atom stereocenters. The molecule has 4 rings (SSSR count). The van der Waals surface area contributed by atoms with Gasteiger partial charge in [-0.2, -0.15) is 0 Å². The normalized spacial score (nSPS) is 13.7. The summed E-state index contributed by atoms with van der Waals surface area (Å²) >= 11 is 7.65. The molecule has 0 atom stereocenters. The Morgan fingerprint density at radius 1 is 1.21 bits per heavy atom. The molecule has 1 aliphatic heterocycles. The number of thiazole rings is 1. The van der Waals surface area contributed by atoms with Crippen LogP contribution in [0.1, 0.15) is 18.5 Å². The number of anilines is 2. The molecular formula is C21H19ClFN3OS. The van der Waals surface area contributed by atoms with Crippen LogP contribution in [-0.4, -0.2) is 24.0 Å². The fourth-order valence-electron chi connectivity index (χ4n) is 3.32. The molecule has 144 valence electrons. The second-order valence-electron chi connectivity index (χ2n) is 6.71. The van der Waals surface area contributed by atoms with Crippen LogP contribution in [0.2, 0.25) is 5.02 Å². The maximum absolute atomic E-state index is 14.4. The van der Waals surface area contributed by atoms with Gasteiger partial charge in [-0.15, -0.1) is 11.3 Å². The Balaban J connectivity index is 1.41. The van der Waals surface area contributed by atoms with Gasteiger partial charge >= 0.3 is 0 Å². The lowest BCUT2D eigenvalue weighted by Gasteiger charge is -2.18. The first-order valence-electron chi connectivity index (χ1n) is 9.14. The summed E-state index contributed by atoms with van der Waals surface area (Å²) in [4.78, 5) is 18.9. The molecule has 2 heterocycles. The van der Waals surface area contributed by atoms with Crippen LogP contribution in [0, 0.1) is 5.82 Å². The molecule has 4 nitrogen and oxygen atoms in total. The average molecular weight is 416 g/mol. The van der Waals surface area contributed by atoms with Crippen LogP contribution in [0.5, 0.6) is 0 Å². The van der Waals surface area contributed by atoms with E-state index in [0.29, 0.717) is 22.1 Å². The monoisotopic (exact) mass is 415 g/mol. The summed E-state index contributed by atoms with van der Waals surface area (Å²) < 4.78 is 14.4. The van der Waals surface area contributed by atoms with E-state index in [-0.39, 0.29) is 18.1 Å². The predicted molar refractivity (Wildman–Crippen MR) is 113 cm³/mol. The number of rotatable bonds is 5. The lowest BCUT2D eigenvalue weighted by Crippen LogP contribution is -2.19. The van der Waals surface area contributed by atoms with Gasteiger partial charge in [-0.05, 0) is 37.1 Å². The van der Waals surface area contributed by atoms with E-state index in [1.807, 2.05) is 34.5 Å². The lowest BCUT2D eigenvalue weighted by molar-refractivity contribution is -0.115. The molecule has 0 aliphatic carbocycles. The molecule has 1 amide bonds. The van der Waals surface area contributed by atoms with Crippen molar-refractivity contribution >= 4 is 40.2 Å². The Kier molecular flexibility index (Phi) is 5.59. The van der Waals surface area contributed by atoms with E-state index in [1.54, 1.807) is 12.1 Å². The average Bonchev–Trinajstić information content (AvgIpc) is 3.34. The van der Waals surface area contributed by atoms with Crippen molar-refractivity contribution in [2.24, 2.45) is 0 Å². The Labute approximate surface area is 172 Å². The zero-order valence-corrected chi connectivity index (χ0v) is 16.7. The van der Waals surface area contributed by atoms with E-state index in [1.165, 1.54) is 17.4 Å². The number of halogens is 2. The molecule has 2 aromatic carbocycles. The molecule has 1 aromatic heterocycles. The summed E-state index contributed by atoms with van der Waals surface area (Å²) in [6.07, 6.45) is 2.29. The Hall–Kier alpha value is -2.44. The number of carbonyl (C=O) groups is 1. The van der Waals surface area contributed by atoms with Gasteiger partial charge in [-0.1, -0.05) is 29.8 Å². The van der Waals surface area contributed by atoms with E-state index < -0.39 is 0 Å². The molecular weight excluding hydrogens is 397 g/mol. The van der Waals surface area contributed by atoms with Gasteiger partial charge in [0.05, 0.1) is 22.8 Å². The van der Waals surface area contributed by atoms with Crippen LogP contribution < -0.4 is 10.2 Å². The minimum atomic E-state index is -0.311. The van der Waals surface area contributed by atoms with E-state index in [0.717, 1.165) is 36.5 Å². The Morgan fingerprint density at radius 2 is 2.00 bits per heavy atom. The highest BCUT2D eigenvalue weighted by Gasteiger charge is 2.17. The van der Waals surface area contributed by atoms with Gasteiger partial charge in [0.2, 0.25) is 5.91 Å². The standard InChI is InChI=1S/C21H19ClFN3OS/c22-17-6-2-1-5-16(17)21-25-15(13-28-21)12-20(27)24-14-7-8-19(18(23)11-14)26-9-3-4-10-26/h1-2,5-8,11,13H,3-4,9-10,12H2,(H,24,27). The first-order valence-corrected chi connectivity index (χ1v) is 10.4. The van der Waals surface area contributed by atoms with Crippen molar-refractivity contribution in [1.82, 2.24) is 4.98 Å². The summed E-state index contributed by atoms with van der Waals surface area (Å²) in [5.74, 6) is -0.543.